The van der Waals surface area contributed by atoms with Crippen LogP contribution in [0.2, 0.25) is 0 Å². The first-order valence-corrected chi connectivity index (χ1v) is 10.1. The number of hydrogen-bond acceptors (Lipinski definition) is 5. The molecule has 3 heterocycles. The van der Waals surface area contributed by atoms with Gasteiger partial charge >= 0.3 is 0 Å². The van der Waals surface area contributed by atoms with E-state index in [0.29, 0.717) is 19.0 Å². The van der Waals surface area contributed by atoms with Gasteiger partial charge in [0.15, 0.2) is 0 Å². The zero-order chi connectivity index (χ0) is 18.8. The Morgan fingerprint density at radius 2 is 1.85 bits per heavy atom. The summed E-state index contributed by atoms with van der Waals surface area (Å²) in [6.07, 6.45) is 2.41. The highest BCUT2D eigenvalue weighted by molar-refractivity contribution is 5.83. The van der Waals surface area contributed by atoms with E-state index in [2.05, 4.69) is 48.0 Å². The van der Waals surface area contributed by atoms with Crippen molar-refractivity contribution in [2.75, 3.05) is 53.4 Å². The van der Waals surface area contributed by atoms with Crippen molar-refractivity contribution in [3.63, 3.8) is 0 Å². The number of nitrogens with zero attached hydrogens (tertiary/aromatic N) is 4. The van der Waals surface area contributed by atoms with Crippen LogP contribution in [-0.2, 0) is 9.59 Å². The molecule has 0 bridgehead atoms. The molecule has 1 N–H and O–H groups in total. The highest BCUT2D eigenvalue weighted by Crippen LogP contribution is 2.28. The van der Waals surface area contributed by atoms with Gasteiger partial charge in [0, 0.05) is 63.8 Å². The van der Waals surface area contributed by atoms with E-state index in [1.54, 1.807) is 0 Å². The molecule has 3 aliphatic rings. The van der Waals surface area contributed by atoms with Crippen LogP contribution in [0.3, 0.4) is 0 Å². The summed E-state index contributed by atoms with van der Waals surface area (Å²) in [6, 6.07) is 0.805. The lowest BCUT2D eigenvalue weighted by Crippen LogP contribution is -2.51. The van der Waals surface area contributed by atoms with Crippen LogP contribution in [0.5, 0.6) is 0 Å². The summed E-state index contributed by atoms with van der Waals surface area (Å²) >= 11 is 0. The molecule has 3 rings (SSSR count). The second kappa shape index (κ2) is 8.23. The van der Waals surface area contributed by atoms with Gasteiger partial charge in [0.1, 0.15) is 6.04 Å². The van der Waals surface area contributed by atoms with E-state index in [1.807, 2.05) is 4.90 Å². The Bertz CT molecular complexity index is 518. The standard InChI is InChI=1S/C19H35N5O2/c1-14(2)24-8-7-16-18(24)19(26)20-13-15(22(16)4)5-6-17(25)23-11-9-21(3)10-12-23/h14-16,18H,5-13H2,1-4H3,(H,20,26). The molecular formula is C19H35N5O2. The van der Waals surface area contributed by atoms with Crippen LogP contribution in [0.1, 0.15) is 33.1 Å². The first kappa shape index (κ1) is 19.6. The van der Waals surface area contributed by atoms with Gasteiger partial charge in [-0.25, -0.2) is 0 Å². The number of nitrogens with one attached hydrogen (secondary N) is 1. The largest absolute Gasteiger partial charge is 0.353 e. The number of piperazine rings is 1. The highest BCUT2D eigenvalue weighted by atomic mass is 16.2. The van der Waals surface area contributed by atoms with Crippen molar-refractivity contribution < 1.29 is 9.59 Å². The van der Waals surface area contributed by atoms with Crippen LogP contribution in [0.25, 0.3) is 0 Å². The molecule has 0 aromatic rings. The lowest BCUT2D eigenvalue weighted by atomic mass is 10.0. The maximum absolute atomic E-state index is 12.7. The minimum absolute atomic E-state index is 0.0571. The molecule has 3 atom stereocenters. The average Bonchev–Trinajstić information content (AvgIpc) is 3.02. The van der Waals surface area contributed by atoms with E-state index in [4.69, 9.17) is 0 Å². The van der Waals surface area contributed by atoms with Gasteiger partial charge < -0.3 is 15.1 Å². The fourth-order valence-corrected chi connectivity index (χ4v) is 4.68. The van der Waals surface area contributed by atoms with Crippen LogP contribution < -0.4 is 5.32 Å². The molecule has 0 saturated carbocycles. The normalized spacial score (nSPS) is 31.8. The topological polar surface area (TPSA) is 59.1 Å². The number of fused-ring (bicyclic) bond motifs is 1. The molecule has 26 heavy (non-hydrogen) atoms. The summed E-state index contributed by atoms with van der Waals surface area (Å²) < 4.78 is 0. The van der Waals surface area contributed by atoms with Gasteiger partial charge in [-0.2, -0.15) is 0 Å². The van der Waals surface area contributed by atoms with E-state index in [9.17, 15) is 9.59 Å². The molecular weight excluding hydrogens is 330 g/mol. The third-order valence-electron chi connectivity index (χ3n) is 6.50. The molecule has 7 heteroatoms. The van der Waals surface area contributed by atoms with Gasteiger partial charge in [-0.15, -0.1) is 0 Å². The third kappa shape index (κ3) is 4.05. The number of rotatable bonds is 4. The summed E-state index contributed by atoms with van der Waals surface area (Å²) in [7, 11) is 4.23. The van der Waals surface area contributed by atoms with Crippen molar-refractivity contribution in [2.45, 2.75) is 57.3 Å². The summed E-state index contributed by atoms with van der Waals surface area (Å²) in [5, 5.41) is 3.14. The second-order valence-electron chi connectivity index (χ2n) is 8.42. The van der Waals surface area contributed by atoms with Crippen molar-refractivity contribution in [1.29, 1.82) is 0 Å². The summed E-state index contributed by atoms with van der Waals surface area (Å²) in [4.78, 5) is 34.2. The summed E-state index contributed by atoms with van der Waals surface area (Å²) in [6.45, 7) is 9.52. The van der Waals surface area contributed by atoms with Crippen molar-refractivity contribution in [3.05, 3.63) is 0 Å². The SMILES string of the molecule is CC(C)N1CCC2C1C(=O)NCC(CCC(=O)N1CCN(C)CC1)N2C. The number of amides is 2. The summed E-state index contributed by atoms with van der Waals surface area (Å²) in [5.74, 6) is 0.412. The van der Waals surface area contributed by atoms with Crippen molar-refractivity contribution in [3.8, 4) is 0 Å². The Labute approximate surface area is 157 Å². The predicted molar refractivity (Wildman–Crippen MR) is 102 cm³/mol. The highest BCUT2D eigenvalue weighted by Gasteiger charge is 2.45. The first-order valence-electron chi connectivity index (χ1n) is 10.1. The van der Waals surface area contributed by atoms with Gasteiger partial charge in [0.2, 0.25) is 11.8 Å². The lowest BCUT2D eigenvalue weighted by Gasteiger charge is -2.35. The van der Waals surface area contributed by atoms with Gasteiger partial charge in [-0.05, 0) is 40.8 Å². The molecule has 0 aromatic carbocycles. The van der Waals surface area contributed by atoms with Gasteiger partial charge in [-0.1, -0.05) is 0 Å². The van der Waals surface area contributed by atoms with Gasteiger partial charge in [0.25, 0.3) is 0 Å². The monoisotopic (exact) mass is 365 g/mol. The second-order valence-corrected chi connectivity index (χ2v) is 8.42. The number of likely N-dealkylation sites (tertiary alicyclic amines) is 1. The Hall–Kier alpha value is -1.18. The predicted octanol–water partition coefficient (Wildman–Crippen LogP) is -0.178. The fraction of sp³-hybridized carbons (Fsp3) is 0.895. The molecule has 3 aliphatic heterocycles. The lowest BCUT2D eigenvalue weighted by molar-refractivity contribution is -0.133. The molecule has 3 unspecified atom stereocenters. The first-order chi connectivity index (χ1) is 12.4. The number of hydrogen-bond donors (Lipinski definition) is 1. The molecule has 0 aromatic heterocycles. The Kier molecular flexibility index (Phi) is 6.20. The fourth-order valence-electron chi connectivity index (χ4n) is 4.68. The van der Waals surface area contributed by atoms with E-state index in [-0.39, 0.29) is 29.9 Å². The van der Waals surface area contributed by atoms with E-state index < -0.39 is 0 Å². The maximum Gasteiger partial charge on any atom is 0.239 e. The average molecular weight is 366 g/mol. The van der Waals surface area contributed by atoms with Crippen LogP contribution in [0, 0.1) is 0 Å². The quantitative estimate of drug-likeness (QED) is 0.749. The van der Waals surface area contributed by atoms with Crippen LogP contribution in [0.15, 0.2) is 0 Å². The molecule has 3 saturated heterocycles. The van der Waals surface area contributed by atoms with Gasteiger partial charge in [0.05, 0.1) is 0 Å². The Morgan fingerprint density at radius 1 is 1.15 bits per heavy atom. The zero-order valence-electron chi connectivity index (χ0n) is 16.8. The minimum atomic E-state index is -0.0571. The Morgan fingerprint density at radius 3 is 2.50 bits per heavy atom. The molecule has 2 amide bonds. The van der Waals surface area contributed by atoms with E-state index in [1.165, 1.54) is 0 Å². The molecule has 3 fully saturated rings. The van der Waals surface area contributed by atoms with E-state index in [0.717, 1.165) is 45.6 Å². The Balaban J connectivity index is 1.57. The molecule has 148 valence electrons. The van der Waals surface area contributed by atoms with E-state index >= 15 is 0 Å². The van der Waals surface area contributed by atoms with Crippen LogP contribution in [0.4, 0.5) is 0 Å². The zero-order valence-corrected chi connectivity index (χ0v) is 16.8. The molecule has 7 nitrogen and oxygen atoms in total. The maximum atomic E-state index is 12.7. The van der Waals surface area contributed by atoms with Crippen LogP contribution >= 0.6 is 0 Å². The van der Waals surface area contributed by atoms with Crippen molar-refractivity contribution in [2.24, 2.45) is 0 Å². The molecule has 0 radical (unpaired) electrons. The number of carbonyl (C=O) groups excluding carboxylic acids is 2. The minimum Gasteiger partial charge on any atom is -0.353 e. The van der Waals surface area contributed by atoms with Gasteiger partial charge in [-0.3, -0.25) is 19.4 Å². The summed E-state index contributed by atoms with van der Waals surface area (Å²) in [5.41, 5.74) is 0. The number of carbonyl (C=O) groups is 2. The number of likely N-dealkylation sites (N-methyl/N-ethyl adjacent to an activating group) is 2. The molecule has 0 aliphatic carbocycles. The third-order valence-corrected chi connectivity index (χ3v) is 6.50. The van der Waals surface area contributed by atoms with Crippen molar-refractivity contribution in [1.82, 2.24) is 24.9 Å². The molecule has 0 spiro atoms. The smallest absolute Gasteiger partial charge is 0.239 e. The van der Waals surface area contributed by atoms with Crippen molar-refractivity contribution >= 4 is 11.8 Å². The van der Waals surface area contributed by atoms with Crippen LogP contribution in [-0.4, -0.2) is 109 Å².